The molecule has 1 heterocycles. The normalized spacial score (nSPS) is 19.3. The van der Waals surface area contributed by atoms with Crippen LogP contribution in [-0.2, 0) is 4.79 Å². The van der Waals surface area contributed by atoms with Crippen LogP contribution in [0.5, 0.6) is 0 Å². The quantitative estimate of drug-likeness (QED) is 0.817. The lowest BCUT2D eigenvalue weighted by Crippen LogP contribution is -2.42. The van der Waals surface area contributed by atoms with E-state index in [1.165, 1.54) is 6.07 Å². The predicted molar refractivity (Wildman–Crippen MR) is 77.5 cm³/mol. The van der Waals surface area contributed by atoms with Crippen LogP contribution in [-0.4, -0.2) is 26.0 Å². The summed E-state index contributed by atoms with van der Waals surface area (Å²) in [7, 11) is 1.64. The molecular formula is C13H17BrFN3O. The number of hydrogen-bond donors (Lipinski definition) is 2. The van der Waals surface area contributed by atoms with Crippen molar-refractivity contribution in [1.29, 1.82) is 0 Å². The molecule has 0 aliphatic carbocycles. The summed E-state index contributed by atoms with van der Waals surface area (Å²) in [5, 5.41) is 2.68. The van der Waals surface area contributed by atoms with E-state index < -0.39 is 0 Å². The second-order valence-corrected chi connectivity index (χ2v) is 5.58. The van der Waals surface area contributed by atoms with Gasteiger partial charge in [0.15, 0.2) is 0 Å². The molecule has 3 N–H and O–H groups in total. The predicted octanol–water partition coefficient (Wildman–Crippen LogP) is 2.13. The van der Waals surface area contributed by atoms with Gasteiger partial charge in [0.1, 0.15) is 5.82 Å². The number of nitrogens with zero attached hydrogens (tertiary/aromatic N) is 1. The number of nitrogens with one attached hydrogen (secondary N) is 1. The van der Waals surface area contributed by atoms with E-state index in [-0.39, 0.29) is 17.6 Å². The molecule has 1 fully saturated rings. The number of hydrogen-bond acceptors (Lipinski definition) is 3. The van der Waals surface area contributed by atoms with E-state index in [1.54, 1.807) is 13.1 Å². The minimum atomic E-state index is -0.374. The SMILES string of the molecule is CNC(=O)C1CCCN(c2cc(Br)c(F)cc2N)C1. The summed E-state index contributed by atoms with van der Waals surface area (Å²) in [4.78, 5) is 13.8. The van der Waals surface area contributed by atoms with E-state index in [9.17, 15) is 9.18 Å². The first-order chi connectivity index (χ1) is 9.02. The molecule has 1 amide bonds. The maximum atomic E-state index is 13.4. The molecule has 1 aromatic carbocycles. The Hall–Kier alpha value is -1.30. The molecule has 0 spiro atoms. The molecular weight excluding hydrogens is 313 g/mol. The average Bonchev–Trinajstić information content (AvgIpc) is 2.42. The van der Waals surface area contributed by atoms with Crippen molar-refractivity contribution in [2.24, 2.45) is 5.92 Å². The zero-order valence-corrected chi connectivity index (χ0v) is 12.3. The van der Waals surface area contributed by atoms with Gasteiger partial charge in [-0.25, -0.2) is 4.39 Å². The highest BCUT2D eigenvalue weighted by Gasteiger charge is 2.26. The van der Waals surface area contributed by atoms with Crippen LogP contribution < -0.4 is 16.0 Å². The molecule has 1 saturated heterocycles. The number of anilines is 2. The van der Waals surface area contributed by atoms with Crippen molar-refractivity contribution in [2.75, 3.05) is 30.8 Å². The van der Waals surface area contributed by atoms with Crippen LogP contribution >= 0.6 is 15.9 Å². The molecule has 104 valence electrons. The van der Waals surface area contributed by atoms with Gasteiger partial charge in [-0.3, -0.25) is 4.79 Å². The zero-order valence-electron chi connectivity index (χ0n) is 10.7. The fourth-order valence-corrected chi connectivity index (χ4v) is 2.77. The van der Waals surface area contributed by atoms with Gasteiger partial charge in [-0.15, -0.1) is 0 Å². The van der Waals surface area contributed by atoms with E-state index in [1.807, 2.05) is 4.90 Å². The molecule has 1 aliphatic rings. The van der Waals surface area contributed by atoms with Crippen LogP contribution in [0.3, 0.4) is 0 Å². The number of halogens is 2. The van der Waals surface area contributed by atoms with Gasteiger partial charge in [0.2, 0.25) is 5.91 Å². The molecule has 1 aliphatic heterocycles. The number of carbonyl (C=O) groups excluding carboxylic acids is 1. The molecule has 19 heavy (non-hydrogen) atoms. The number of carbonyl (C=O) groups is 1. The number of rotatable bonds is 2. The summed E-state index contributed by atoms with van der Waals surface area (Å²) in [5.74, 6) is -0.368. The maximum Gasteiger partial charge on any atom is 0.224 e. The number of nitrogen functional groups attached to an aromatic ring is 1. The number of amides is 1. The van der Waals surface area contributed by atoms with Crippen molar-refractivity contribution in [2.45, 2.75) is 12.8 Å². The average molecular weight is 330 g/mol. The van der Waals surface area contributed by atoms with E-state index in [2.05, 4.69) is 21.2 Å². The van der Waals surface area contributed by atoms with Crippen LogP contribution in [0.4, 0.5) is 15.8 Å². The first-order valence-corrected chi connectivity index (χ1v) is 7.03. The summed E-state index contributed by atoms with van der Waals surface area (Å²) in [6.07, 6.45) is 1.80. The van der Waals surface area contributed by atoms with Crippen molar-refractivity contribution in [1.82, 2.24) is 5.32 Å². The maximum absolute atomic E-state index is 13.4. The van der Waals surface area contributed by atoms with E-state index >= 15 is 0 Å². The van der Waals surface area contributed by atoms with Crippen molar-refractivity contribution >= 4 is 33.2 Å². The summed E-state index contributed by atoms with van der Waals surface area (Å²) in [6.45, 7) is 1.44. The molecule has 0 radical (unpaired) electrons. The van der Waals surface area contributed by atoms with E-state index in [4.69, 9.17) is 5.73 Å². The van der Waals surface area contributed by atoms with Crippen LogP contribution in [0.15, 0.2) is 16.6 Å². The van der Waals surface area contributed by atoms with Gasteiger partial charge < -0.3 is 16.0 Å². The zero-order chi connectivity index (χ0) is 14.0. The van der Waals surface area contributed by atoms with Crippen LogP contribution in [0.25, 0.3) is 0 Å². The minimum Gasteiger partial charge on any atom is -0.397 e. The van der Waals surface area contributed by atoms with Gasteiger partial charge in [0.05, 0.1) is 21.8 Å². The van der Waals surface area contributed by atoms with E-state index in [0.29, 0.717) is 16.7 Å². The van der Waals surface area contributed by atoms with Crippen molar-refractivity contribution in [3.63, 3.8) is 0 Å². The Morgan fingerprint density at radius 2 is 2.32 bits per heavy atom. The number of benzene rings is 1. The summed E-state index contributed by atoms with van der Waals surface area (Å²) >= 11 is 3.17. The van der Waals surface area contributed by atoms with Gasteiger partial charge in [-0.05, 0) is 34.8 Å². The monoisotopic (exact) mass is 329 g/mol. The molecule has 1 unspecified atom stereocenters. The molecule has 1 atom stereocenters. The summed E-state index contributed by atoms with van der Waals surface area (Å²) in [6, 6.07) is 2.99. The molecule has 0 aromatic heterocycles. The largest absolute Gasteiger partial charge is 0.397 e. The minimum absolute atomic E-state index is 0.0398. The molecule has 6 heteroatoms. The molecule has 2 rings (SSSR count). The van der Waals surface area contributed by atoms with Gasteiger partial charge in [-0.1, -0.05) is 0 Å². The van der Waals surface area contributed by atoms with Gasteiger partial charge in [-0.2, -0.15) is 0 Å². The Bertz CT molecular complexity index is 495. The second kappa shape index (κ2) is 5.77. The lowest BCUT2D eigenvalue weighted by atomic mass is 9.96. The third-order valence-electron chi connectivity index (χ3n) is 3.45. The molecule has 4 nitrogen and oxygen atoms in total. The molecule has 0 bridgehead atoms. The Kier molecular flexibility index (Phi) is 4.29. The van der Waals surface area contributed by atoms with Crippen molar-refractivity contribution < 1.29 is 9.18 Å². The van der Waals surface area contributed by atoms with E-state index in [0.717, 1.165) is 25.1 Å². The lowest BCUT2D eigenvalue weighted by molar-refractivity contribution is -0.124. The highest BCUT2D eigenvalue weighted by Crippen LogP contribution is 2.32. The Morgan fingerprint density at radius 1 is 1.58 bits per heavy atom. The fraction of sp³-hybridized carbons (Fsp3) is 0.462. The topological polar surface area (TPSA) is 58.4 Å². The Balaban J connectivity index is 2.22. The third-order valence-corrected chi connectivity index (χ3v) is 4.06. The second-order valence-electron chi connectivity index (χ2n) is 4.72. The smallest absolute Gasteiger partial charge is 0.224 e. The van der Waals surface area contributed by atoms with Crippen molar-refractivity contribution in [3.8, 4) is 0 Å². The highest BCUT2D eigenvalue weighted by molar-refractivity contribution is 9.10. The van der Waals surface area contributed by atoms with Crippen LogP contribution in [0.2, 0.25) is 0 Å². The molecule has 1 aromatic rings. The standard InChI is InChI=1S/C13H17BrFN3O/c1-17-13(19)8-3-2-4-18(7-8)12-5-9(14)10(15)6-11(12)16/h5-6,8H,2-4,7,16H2,1H3,(H,17,19). The van der Waals surface area contributed by atoms with Gasteiger partial charge in [0.25, 0.3) is 0 Å². The third kappa shape index (κ3) is 3.00. The van der Waals surface area contributed by atoms with Crippen molar-refractivity contribution in [3.05, 3.63) is 22.4 Å². The highest BCUT2D eigenvalue weighted by atomic mass is 79.9. The first kappa shape index (κ1) is 14.1. The number of nitrogens with two attached hydrogens (primary N) is 1. The van der Waals surface area contributed by atoms with Gasteiger partial charge in [0, 0.05) is 26.2 Å². The lowest BCUT2D eigenvalue weighted by Gasteiger charge is -2.34. The Morgan fingerprint density at radius 3 is 3.00 bits per heavy atom. The fourth-order valence-electron chi connectivity index (χ4n) is 2.44. The Labute approximate surface area is 120 Å². The first-order valence-electron chi connectivity index (χ1n) is 6.24. The molecule has 0 saturated carbocycles. The summed E-state index contributed by atoms with van der Waals surface area (Å²) in [5.41, 5.74) is 7.05. The summed E-state index contributed by atoms with van der Waals surface area (Å²) < 4.78 is 13.8. The van der Waals surface area contributed by atoms with Gasteiger partial charge >= 0.3 is 0 Å². The van der Waals surface area contributed by atoms with Crippen LogP contribution in [0.1, 0.15) is 12.8 Å². The number of piperidine rings is 1. The van der Waals surface area contributed by atoms with Crippen LogP contribution in [0, 0.1) is 11.7 Å².